The summed E-state index contributed by atoms with van der Waals surface area (Å²) in [5.41, 5.74) is 1.14. The quantitative estimate of drug-likeness (QED) is 0.523. The lowest BCUT2D eigenvalue weighted by Gasteiger charge is -2.19. The number of aromatic carboxylic acids is 1. The van der Waals surface area contributed by atoms with Crippen molar-refractivity contribution in [3.8, 4) is 11.5 Å². The molecule has 0 saturated carbocycles. The predicted octanol–water partition coefficient (Wildman–Crippen LogP) is 4.37. The molecule has 0 aliphatic carbocycles. The number of hydrogen-bond acceptors (Lipinski definition) is 6. The van der Waals surface area contributed by atoms with Gasteiger partial charge in [0.05, 0.1) is 17.3 Å². The van der Waals surface area contributed by atoms with Gasteiger partial charge in [-0.2, -0.15) is 0 Å². The van der Waals surface area contributed by atoms with Crippen LogP contribution < -0.4 is 14.4 Å². The lowest BCUT2D eigenvalue weighted by Crippen LogP contribution is -2.26. The number of nitrogens with zero attached hydrogens (tertiary/aromatic N) is 3. The van der Waals surface area contributed by atoms with Crippen molar-refractivity contribution >= 4 is 23.5 Å². The number of rotatable bonds is 9. The second kappa shape index (κ2) is 10.1. The summed E-state index contributed by atoms with van der Waals surface area (Å²) >= 11 is 5.75. The minimum atomic E-state index is -1.17. The molecule has 3 aromatic rings. The molecule has 3 rings (SSSR count). The SMILES string of the molecule is Cc1ccccc1OCCN(C)c1ncc(C(=O)O)c(COc2ccc(F)c(Cl)c2)n1. The first-order chi connectivity index (χ1) is 14.8. The van der Waals surface area contributed by atoms with Gasteiger partial charge in [-0.05, 0) is 30.7 Å². The van der Waals surface area contributed by atoms with Crippen LogP contribution in [-0.2, 0) is 6.61 Å². The number of benzene rings is 2. The number of halogens is 2. The Morgan fingerprint density at radius 1 is 1.23 bits per heavy atom. The Morgan fingerprint density at radius 2 is 2.00 bits per heavy atom. The fourth-order valence-electron chi connectivity index (χ4n) is 2.71. The zero-order valence-electron chi connectivity index (χ0n) is 17.0. The summed E-state index contributed by atoms with van der Waals surface area (Å²) in [4.78, 5) is 21.8. The number of likely N-dealkylation sites (N-methyl/N-ethyl adjacent to an activating group) is 1. The smallest absolute Gasteiger partial charge is 0.339 e. The monoisotopic (exact) mass is 445 g/mol. The molecule has 0 spiro atoms. The van der Waals surface area contributed by atoms with Crippen molar-refractivity contribution in [2.75, 3.05) is 25.1 Å². The highest BCUT2D eigenvalue weighted by Gasteiger charge is 2.16. The van der Waals surface area contributed by atoms with Crippen molar-refractivity contribution in [2.45, 2.75) is 13.5 Å². The average molecular weight is 446 g/mol. The first-order valence-electron chi connectivity index (χ1n) is 9.41. The maximum Gasteiger partial charge on any atom is 0.339 e. The maximum atomic E-state index is 13.3. The average Bonchev–Trinajstić information content (AvgIpc) is 2.75. The van der Waals surface area contributed by atoms with E-state index in [1.807, 2.05) is 31.2 Å². The van der Waals surface area contributed by atoms with Crippen LogP contribution in [0.15, 0.2) is 48.7 Å². The van der Waals surface area contributed by atoms with E-state index < -0.39 is 11.8 Å². The molecule has 31 heavy (non-hydrogen) atoms. The summed E-state index contributed by atoms with van der Waals surface area (Å²) in [6.45, 7) is 2.69. The second-order valence-electron chi connectivity index (χ2n) is 6.74. The Balaban J connectivity index is 1.68. The van der Waals surface area contributed by atoms with Crippen LogP contribution in [0.3, 0.4) is 0 Å². The molecular weight excluding hydrogens is 425 g/mol. The summed E-state index contributed by atoms with van der Waals surface area (Å²) < 4.78 is 24.7. The fourth-order valence-corrected chi connectivity index (χ4v) is 2.88. The summed E-state index contributed by atoms with van der Waals surface area (Å²) in [6.07, 6.45) is 1.24. The highest BCUT2D eigenvalue weighted by Crippen LogP contribution is 2.22. The number of aryl methyl sites for hydroxylation is 1. The van der Waals surface area contributed by atoms with Gasteiger partial charge in [0.2, 0.25) is 5.95 Å². The molecule has 0 aliphatic heterocycles. The van der Waals surface area contributed by atoms with E-state index in [4.69, 9.17) is 21.1 Å². The first-order valence-corrected chi connectivity index (χ1v) is 9.79. The van der Waals surface area contributed by atoms with Gasteiger partial charge in [0.15, 0.2) is 0 Å². The van der Waals surface area contributed by atoms with Gasteiger partial charge >= 0.3 is 5.97 Å². The van der Waals surface area contributed by atoms with Gasteiger partial charge in [0, 0.05) is 19.3 Å². The van der Waals surface area contributed by atoms with Crippen LogP contribution in [0.4, 0.5) is 10.3 Å². The number of hydrogen-bond donors (Lipinski definition) is 1. The fraction of sp³-hybridized carbons (Fsp3) is 0.227. The highest BCUT2D eigenvalue weighted by molar-refractivity contribution is 6.30. The van der Waals surface area contributed by atoms with Crippen molar-refractivity contribution in [3.05, 3.63) is 76.3 Å². The Bertz CT molecular complexity index is 1080. The zero-order chi connectivity index (χ0) is 22.4. The molecule has 0 saturated heterocycles. The molecule has 9 heteroatoms. The molecule has 0 atom stereocenters. The third-order valence-electron chi connectivity index (χ3n) is 4.47. The Morgan fingerprint density at radius 3 is 2.71 bits per heavy atom. The number of carbonyl (C=O) groups is 1. The van der Waals surface area contributed by atoms with E-state index in [1.165, 1.54) is 24.4 Å². The molecule has 0 unspecified atom stereocenters. The number of carboxylic acids is 1. The molecule has 0 radical (unpaired) electrons. The van der Waals surface area contributed by atoms with Gasteiger partial charge in [-0.25, -0.2) is 19.2 Å². The second-order valence-corrected chi connectivity index (χ2v) is 7.14. The molecule has 1 N–H and O–H groups in total. The predicted molar refractivity (Wildman–Crippen MR) is 115 cm³/mol. The third-order valence-corrected chi connectivity index (χ3v) is 4.76. The van der Waals surface area contributed by atoms with E-state index >= 15 is 0 Å². The summed E-state index contributed by atoms with van der Waals surface area (Å²) in [5, 5.41) is 9.34. The third kappa shape index (κ3) is 5.82. The van der Waals surface area contributed by atoms with Crippen LogP contribution >= 0.6 is 11.6 Å². The molecular formula is C22H21ClFN3O4. The lowest BCUT2D eigenvalue weighted by atomic mass is 10.2. The van der Waals surface area contributed by atoms with Gasteiger partial charge in [-0.3, -0.25) is 0 Å². The van der Waals surface area contributed by atoms with Crippen LogP contribution in [0, 0.1) is 12.7 Å². The minimum absolute atomic E-state index is 0.0819. The van der Waals surface area contributed by atoms with Crippen molar-refractivity contribution in [3.63, 3.8) is 0 Å². The van der Waals surface area contributed by atoms with E-state index in [0.29, 0.717) is 24.8 Å². The van der Waals surface area contributed by atoms with E-state index in [-0.39, 0.29) is 22.9 Å². The number of aromatic nitrogens is 2. The normalized spacial score (nSPS) is 10.6. The van der Waals surface area contributed by atoms with Crippen LogP contribution in [-0.4, -0.2) is 41.2 Å². The first kappa shape index (κ1) is 22.3. The molecule has 2 aromatic carbocycles. The Hall–Kier alpha value is -3.39. The van der Waals surface area contributed by atoms with E-state index in [1.54, 1.807) is 11.9 Å². The maximum absolute atomic E-state index is 13.3. The Kier molecular flexibility index (Phi) is 7.25. The molecule has 1 aromatic heterocycles. The standard InChI is InChI=1S/C22H21ClFN3O4/c1-14-5-3-4-6-20(14)30-10-9-27(2)22-25-12-16(21(28)29)19(26-22)13-31-15-7-8-18(24)17(23)11-15/h3-8,11-12H,9-10,13H2,1-2H3,(H,28,29). The van der Waals surface area contributed by atoms with Gasteiger partial charge in [0.1, 0.15) is 36.1 Å². The molecule has 7 nitrogen and oxygen atoms in total. The number of carboxylic acid groups (broad SMARTS) is 1. The molecule has 1 heterocycles. The van der Waals surface area contributed by atoms with Gasteiger partial charge in [0.25, 0.3) is 0 Å². The number of para-hydroxylation sites is 1. The summed E-state index contributed by atoms with van der Waals surface area (Å²) in [7, 11) is 1.78. The number of anilines is 1. The molecule has 0 bridgehead atoms. The van der Waals surface area contributed by atoms with E-state index in [0.717, 1.165) is 11.3 Å². The van der Waals surface area contributed by atoms with Gasteiger partial charge in [-0.1, -0.05) is 29.8 Å². The van der Waals surface area contributed by atoms with E-state index in [2.05, 4.69) is 9.97 Å². The molecule has 162 valence electrons. The van der Waals surface area contributed by atoms with Crippen LogP contribution in [0.25, 0.3) is 0 Å². The lowest BCUT2D eigenvalue weighted by molar-refractivity contribution is 0.0692. The van der Waals surface area contributed by atoms with Gasteiger partial charge < -0.3 is 19.5 Å². The van der Waals surface area contributed by atoms with Crippen LogP contribution in [0.5, 0.6) is 11.5 Å². The molecule has 0 aliphatic rings. The number of ether oxygens (including phenoxy) is 2. The van der Waals surface area contributed by atoms with Crippen LogP contribution in [0.1, 0.15) is 21.6 Å². The summed E-state index contributed by atoms with van der Waals surface area (Å²) in [6, 6.07) is 11.6. The van der Waals surface area contributed by atoms with Crippen molar-refractivity contribution in [1.82, 2.24) is 9.97 Å². The summed E-state index contributed by atoms with van der Waals surface area (Å²) in [5.74, 6) is -0.325. The molecule has 0 amide bonds. The van der Waals surface area contributed by atoms with Crippen molar-refractivity contribution in [2.24, 2.45) is 0 Å². The van der Waals surface area contributed by atoms with Crippen molar-refractivity contribution in [1.29, 1.82) is 0 Å². The minimum Gasteiger partial charge on any atom is -0.491 e. The van der Waals surface area contributed by atoms with Gasteiger partial charge in [-0.15, -0.1) is 0 Å². The van der Waals surface area contributed by atoms with E-state index in [9.17, 15) is 14.3 Å². The largest absolute Gasteiger partial charge is 0.491 e. The van der Waals surface area contributed by atoms with Crippen LogP contribution in [0.2, 0.25) is 5.02 Å². The zero-order valence-corrected chi connectivity index (χ0v) is 17.8. The topological polar surface area (TPSA) is 84.8 Å². The highest BCUT2D eigenvalue weighted by atomic mass is 35.5. The van der Waals surface area contributed by atoms with Crippen molar-refractivity contribution < 1.29 is 23.8 Å². The Labute approximate surface area is 184 Å². The molecule has 0 fully saturated rings.